The van der Waals surface area contributed by atoms with Crippen molar-refractivity contribution in [3.8, 4) is 0 Å². The Hall–Kier alpha value is -0.730. The predicted molar refractivity (Wildman–Crippen MR) is 53.2 cm³/mol. The van der Waals surface area contributed by atoms with Gasteiger partial charge in [0, 0.05) is 6.54 Å². The summed E-state index contributed by atoms with van der Waals surface area (Å²) in [6, 6.07) is 0. The van der Waals surface area contributed by atoms with E-state index in [1.807, 2.05) is 0 Å². The smallest absolute Gasteiger partial charge is 0.185 e. The molecule has 0 unspecified atom stereocenters. The summed E-state index contributed by atoms with van der Waals surface area (Å²) in [5.74, 6) is 0.751. The number of hydrogen-bond acceptors (Lipinski definition) is 1. The molecule has 12 heavy (non-hydrogen) atoms. The van der Waals surface area contributed by atoms with Gasteiger partial charge >= 0.3 is 0 Å². The molecule has 0 heterocycles. The second-order valence-electron chi connectivity index (χ2n) is 4.53. The molecule has 0 aliphatic heterocycles. The van der Waals surface area contributed by atoms with E-state index < -0.39 is 0 Å². The molecule has 0 radical (unpaired) electrons. The Morgan fingerprint density at radius 1 is 1.50 bits per heavy atom. The first kappa shape index (κ1) is 11.3. The third-order valence-electron chi connectivity index (χ3n) is 1.72. The van der Waals surface area contributed by atoms with Gasteiger partial charge in [0.25, 0.3) is 0 Å². The van der Waals surface area contributed by atoms with Crippen molar-refractivity contribution in [1.29, 1.82) is 5.41 Å². The number of nitrogens with one attached hydrogen (secondary N) is 2. The van der Waals surface area contributed by atoms with Gasteiger partial charge in [0.05, 0.1) is 0 Å². The molecule has 0 saturated heterocycles. The maximum absolute atomic E-state index is 7.02. The van der Waals surface area contributed by atoms with Crippen LogP contribution < -0.4 is 11.1 Å². The summed E-state index contributed by atoms with van der Waals surface area (Å²) in [6.45, 7) is 9.55. The SMILES string of the molecule is CC(C)CC(C)(C)CNC(=N)N. The van der Waals surface area contributed by atoms with E-state index in [0.717, 1.165) is 13.0 Å². The van der Waals surface area contributed by atoms with Gasteiger partial charge in [-0.15, -0.1) is 0 Å². The van der Waals surface area contributed by atoms with Gasteiger partial charge < -0.3 is 11.1 Å². The average Bonchev–Trinajstić information content (AvgIpc) is 1.81. The van der Waals surface area contributed by atoms with E-state index in [0.29, 0.717) is 5.92 Å². The second kappa shape index (κ2) is 4.33. The summed E-state index contributed by atoms with van der Waals surface area (Å²) in [7, 11) is 0. The quantitative estimate of drug-likeness (QED) is 0.444. The molecule has 0 aromatic carbocycles. The van der Waals surface area contributed by atoms with Gasteiger partial charge in [0.2, 0.25) is 0 Å². The first-order chi connectivity index (χ1) is 5.33. The van der Waals surface area contributed by atoms with E-state index >= 15 is 0 Å². The highest BCUT2D eigenvalue weighted by Gasteiger charge is 2.18. The van der Waals surface area contributed by atoms with Crippen LogP contribution in [0.2, 0.25) is 0 Å². The molecule has 0 saturated carbocycles. The molecule has 0 aliphatic rings. The normalized spacial score (nSPS) is 11.8. The molecule has 3 heteroatoms. The molecule has 0 aromatic rings. The monoisotopic (exact) mass is 171 g/mol. The lowest BCUT2D eigenvalue weighted by molar-refractivity contribution is 0.287. The summed E-state index contributed by atoms with van der Waals surface area (Å²) in [6.07, 6.45) is 1.15. The maximum atomic E-state index is 7.02. The average molecular weight is 171 g/mol. The largest absolute Gasteiger partial charge is 0.370 e. The van der Waals surface area contributed by atoms with Crippen molar-refractivity contribution < 1.29 is 0 Å². The van der Waals surface area contributed by atoms with Crippen LogP contribution in [0, 0.1) is 16.7 Å². The molecule has 72 valence electrons. The lowest BCUT2D eigenvalue weighted by Crippen LogP contribution is -2.38. The molecular formula is C9H21N3. The fraction of sp³-hybridized carbons (Fsp3) is 0.889. The van der Waals surface area contributed by atoms with Crippen molar-refractivity contribution in [3.05, 3.63) is 0 Å². The molecule has 0 amide bonds. The van der Waals surface area contributed by atoms with Gasteiger partial charge in [-0.1, -0.05) is 27.7 Å². The Balaban J connectivity index is 3.78. The highest BCUT2D eigenvalue weighted by atomic mass is 15.0. The maximum Gasteiger partial charge on any atom is 0.185 e. The number of hydrogen-bond donors (Lipinski definition) is 3. The van der Waals surface area contributed by atoms with Crippen LogP contribution in [-0.2, 0) is 0 Å². The summed E-state index contributed by atoms with van der Waals surface area (Å²) >= 11 is 0. The van der Waals surface area contributed by atoms with Crippen molar-refractivity contribution in [2.45, 2.75) is 34.1 Å². The van der Waals surface area contributed by atoms with Crippen LogP contribution in [0.5, 0.6) is 0 Å². The second-order valence-corrected chi connectivity index (χ2v) is 4.53. The molecule has 0 fully saturated rings. The van der Waals surface area contributed by atoms with Crippen molar-refractivity contribution in [2.24, 2.45) is 17.1 Å². The van der Waals surface area contributed by atoms with Crippen molar-refractivity contribution >= 4 is 5.96 Å². The molecule has 0 rings (SSSR count). The van der Waals surface area contributed by atoms with Crippen LogP contribution in [0.3, 0.4) is 0 Å². The molecule has 0 aliphatic carbocycles. The van der Waals surface area contributed by atoms with Crippen LogP contribution >= 0.6 is 0 Å². The number of rotatable bonds is 4. The van der Waals surface area contributed by atoms with Crippen LogP contribution in [-0.4, -0.2) is 12.5 Å². The Bertz CT molecular complexity index is 150. The zero-order chi connectivity index (χ0) is 9.78. The zero-order valence-electron chi connectivity index (χ0n) is 8.57. The molecule has 4 N–H and O–H groups in total. The lowest BCUT2D eigenvalue weighted by Gasteiger charge is -2.26. The summed E-state index contributed by atoms with van der Waals surface area (Å²) in [4.78, 5) is 0. The molecule has 0 atom stereocenters. The van der Waals surface area contributed by atoms with Crippen molar-refractivity contribution in [3.63, 3.8) is 0 Å². The molecule has 0 aromatic heterocycles. The Labute approximate surface area is 75.2 Å². The highest BCUT2D eigenvalue weighted by molar-refractivity contribution is 5.74. The lowest BCUT2D eigenvalue weighted by atomic mass is 9.84. The number of nitrogens with two attached hydrogens (primary N) is 1. The first-order valence-electron chi connectivity index (χ1n) is 4.41. The topological polar surface area (TPSA) is 61.9 Å². The van der Waals surface area contributed by atoms with Gasteiger partial charge in [0.1, 0.15) is 0 Å². The molecular weight excluding hydrogens is 150 g/mol. The first-order valence-corrected chi connectivity index (χ1v) is 4.41. The van der Waals surface area contributed by atoms with Crippen LogP contribution in [0.25, 0.3) is 0 Å². The third kappa shape index (κ3) is 6.01. The highest BCUT2D eigenvalue weighted by Crippen LogP contribution is 2.23. The minimum absolute atomic E-state index is 0.0619. The predicted octanol–water partition coefficient (Wildman–Crippen LogP) is 1.54. The van der Waals surface area contributed by atoms with Crippen LogP contribution in [0.15, 0.2) is 0 Å². The minimum Gasteiger partial charge on any atom is -0.370 e. The minimum atomic E-state index is 0.0619. The molecule has 0 bridgehead atoms. The van der Waals surface area contributed by atoms with Gasteiger partial charge in [-0.25, -0.2) is 0 Å². The fourth-order valence-corrected chi connectivity index (χ4v) is 1.51. The van der Waals surface area contributed by atoms with Crippen LogP contribution in [0.1, 0.15) is 34.1 Å². The van der Waals surface area contributed by atoms with Gasteiger partial charge in [-0.2, -0.15) is 0 Å². The Morgan fingerprint density at radius 3 is 2.33 bits per heavy atom. The number of guanidine groups is 1. The van der Waals surface area contributed by atoms with Gasteiger partial charge in [-0.05, 0) is 17.8 Å². The zero-order valence-corrected chi connectivity index (χ0v) is 8.57. The third-order valence-corrected chi connectivity index (χ3v) is 1.72. The standard InChI is InChI=1S/C9H21N3/c1-7(2)5-9(3,4)6-12-8(10)11/h7H,5-6H2,1-4H3,(H4,10,11,12). The Morgan fingerprint density at radius 2 is 2.00 bits per heavy atom. The van der Waals surface area contributed by atoms with E-state index in [1.165, 1.54) is 0 Å². The molecule has 0 spiro atoms. The fourth-order valence-electron chi connectivity index (χ4n) is 1.51. The van der Waals surface area contributed by atoms with Crippen molar-refractivity contribution in [1.82, 2.24) is 5.32 Å². The van der Waals surface area contributed by atoms with Crippen molar-refractivity contribution in [2.75, 3.05) is 6.54 Å². The van der Waals surface area contributed by atoms with Crippen LogP contribution in [0.4, 0.5) is 0 Å². The summed E-state index contributed by atoms with van der Waals surface area (Å²) in [5.41, 5.74) is 5.42. The Kier molecular flexibility index (Phi) is 4.07. The molecule has 3 nitrogen and oxygen atoms in total. The van der Waals surface area contributed by atoms with E-state index in [2.05, 4.69) is 33.0 Å². The van der Waals surface area contributed by atoms with E-state index in [1.54, 1.807) is 0 Å². The summed E-state index contributed by atoms with van der Waals surface area (Å²) in [5, 5.41) is 9.88. The van der Waals surface area contributed by atoms with Gasteiger partial charge in [0.15, 0.2) is 5.96 Å². The summed E-state index contributed by atoms with van der Waals surface area (Å²) < 4.78 is 0. The van der Waals surface area contributed by atoms with E-state index in [4.69, 9.17) is 11.1 Å². The van der Waals surface area contributed by atoms with Gasteiger partial charge in [-0.3, -0.25) is 5.41 Å². The van der Waals surface area contributed by atoms with E-state index in [9.17, 15) is 0 Å². The van der Waals surface area contributed by atoms with E-state index in [-0.39, 0.29) is 11.4 Å².